The van der Waals surface area contributed by atoms with E-state index in [9.17, 15) is 4.79 Å². The van der Waals surface area contributed by atoms with Gasteiger partial charge in [0.25, 0.3) is 5.91 Å². The van der Waals surface area contributed by atoms with Crippen molar-refractivity contribution in [2.45, 2.75) is 0 Å². The predicted octanol–water partition coefficient (Wildman–Crippen LogP) is 3.48. The van der Waals surface area contributed by atoms with E-state index in [2.05, 4.69) is 4.99 Å². The van der Waals surface area contributed by atoms with E-state index in [-0.39, 0.29) is 31.6 Å². The average Bonchev–Trinajstić information content (AvgIpc) is 2.76. The third kappa shape index (κ3) is 5.30. The van der Waals surface area contributed by atoms with Crippen molar-refractivity contribution in [2.24, 2.45) is 4.99 Å². The molecule has 0 saturated carbocycles. The summed E-state index contributed by atoms with van der Waals surface area (Å²) in [5, 5.41) is 0.607. The number of benzodiazepines with no additional fused rings is 1. The quantitative estimate of drug-likeness (QED) is 0.688. The number of carbonyl (C=O) groups excluding carboxylic acids is 1. The number of anilines is 1. The first-order valence-electron chi connectivity index (χ1n) is 8.49. The molecule has 1 heterocycles. The summed E-state index contributed by atoms with van der Waals surface area (Å²) in [4.78, 5) is 20.9. The lowest BCUT2D eigenvalue weighted by molar-refractivity contribution is -0.118. The molecule has 2 aromatic carbocycles. The van der Waals surface area contributed by atoms with Crippen molar-refractivity contribution in [2.75, 3.05) is 45.4 Å². The van der Waals surface area contributed by atoms with Crippen LogP contribution in [0.15, 0.2) is 53.5 Å². The second kappa shape index (κ2) is 9.85. The fourth-order valence-corrected chi connectivity index (χ4v) is 2.94. The summed E-state index contributed by atoms with van der Waals surface area (Å²) >= 11 is 6.23. The molecule has 1 aliphatic heterocycles. The van der Waals surface area contributed by atoms with Gasteiger partial charge in [-0.25, -0.2) is 0 Å². The molecule has 0 unspecified atom stereocenters. The Kier molecular flexibility index (Phi) is 7.80. The van der Waals surface area contributed by atoms with E-state index in [0.29, 0.717) is 11.6 Å². The summed E-state index contributed by atoms with van der Waals surface area (Å²) in [6.45, 7) is 1.61. The molecule has 2 aromatic rings. The Labute approximate surface area is 171 Å². The second-order valence-corrected chi connectivity index (χ2v) is 6.79. The van der Waals surface area contributed by atoms with Gasteiger partial charge in [-0.05, 0) is 32.3 Å². The first kappa shape index (κ1) is 21.4. The Morgan fingerprint density at radius 3 is 2.63 bits per heavy atom. The highest BCUT2D eigenvalue weighted by molar-refractivity contribution is 6.32. The van der Waals surface area contributed by atoms with Gasteiger partial charge in [0.05, 0.1) is 18.0 Å². The van der Waals surface area contributed by atoms with Crippen LogP contribution in [0.1, 0.15) is 11.1 Å². The Morgan fingerprint density at radius 1 is 1.19 bits per heavy atom. The largest absolute Gasteiger partial charge is 0.359 e. The van der Waals surface area contributed by atoms with E-state index in [4.69, 9.17) is 16.3 Å². The number of hydrogen-bond donors (Lipinski definition) is 0. The third-order valence-electron chi connectivity index (χ3n) is 4.13. The van der Waals surface area contributed by atoms with Crippen LogP contribution >= 0.6 is 24.0 Å². The van der Waals surface area contributed by atoms with Gasteiger partial charge >= 0.3 is 0 Å². The SMILES string of the molecule is CN(C)CCOCN1C(=O)CN=C(c2ccccc2)c2cc(Cl)ccc21.Cl. The summed E-state index contributed by atoms with van der Waals surface area (Å²) in [5.74, 6) is -0.0932. The van der Waals surface area contributed by atoms with Gasteiger partial charge in [-0.3, -0.25) is 14.7 Å². The number of rotatable bonds is 6. The van der Waals surface area contributed by atoms with E-state index in [1.165, 1.54) is 0 Å². The molecule has 0 bridgehead atoms. The minimum Gasteiger partial charge on any atom is -0.359 e. The van der Waals surface area contributed by atoms with Gasteiger partial charge in [0.15, 0.2) is 0 Å². The third-order valence-corrected chi connectivity index (χ3v) is 4.36. The van der Waals surface area contributed by atoms with Gasteiger partial charge in [0.2, 0.25) is 0 Å². The molecule has 1 aliphatic rings. The Hall–Kier alpha value is -1.92. The van der Waals surface area contributed by atoms with Crippen LogP contribution in [0.3, 0.4) is 0 Å². The van der Waals surface area contributed by atoms with Gasteiger partial charge in [0, 0.05) is 22.7 Å². The predicted molar refractivity (Wildman–Crippen MR) is 113 cm³/mol. The van der Waals surface area contributed by atoms with Gasteiger partial charge in [-0.2, -0.15) is 0 Å². The number of carbonyl (C=O) groups is 1. The molecular weight excluding hydrogens is 385 g/mol. The van der Waals surface area contributed by atoms with Crippen LogP contribution in [-0.2, 0) is 9.53 Å². The van der Waals surface area contributed by atoms with Crippen LogP contribution in [0.25, 0.3) is 0 Å². The summed E-state index contributed by atoms with van der Waals surface area (Å²) in [6, 6.07) is 15.3. The second-order valence-electron chi connectivity index (χ2n) is 6.35. The van der Waals surface area contributed by atoms with Crippen LogP contribution in [0.2, 0.25) is 5.02 Å². The van der Waals surface area contributed by atoms with E-state index < -0.39 is 0 Å². The first-order valence-corrected chi connectivity index (χ1v) is 8.86. The number of fused-ring (bicyclic) bond motifs is 1. The molecule has 0 aliphatic carbocycles. The van der Waals surface area contributed by atoms with E-state index in [1.807, 2.05) is 61.5 Å². The van der Waals surface area contributed by atoms with Crippen molar-refractivity contribution in [3.8, 4) is 0 Å². The number of likely N-dealkylation sites (N-methyl/N-ethyl adjacent to an activating group) is 1. The number of hydrogen-bond acceptors (Lipinski definition) is 4. The molecule has 0 spiro atoms. The van der Waals surface area contributed by atoms with Gasteiger partial charge in [-0.1, -0.05) is 41.9 Å². The molecule has 0 N–H and O–H groups in total. The summed E-state index contributed by atoms with van der Waals surface area (Å²) in [7, 11) is 3.97. The van der Waals surface area contributed by atoms with Gasteiger partial charge < -0.3 is 9.64 Å². The lowest BCUT2D eigenvalue weighted by Crippen LogP contribution is -2.35. The number of benzene rings is 2. The first-order chi connectivity index (χ1) is 12.6. The smallest absolute Gasteiger partial charge is 0.250 e. The highest BCUT2D eigenvalue weighted by atomic mass is 35.5. The van der Waals surface area contributed by atoms with Crippen molar-refractivity contribution in [1.29, 1.82) is 0 Å². The summed E-state index contributed by atoms with van der Waals surface area (Å²) in [5.41, 5.74) is 3.33. The van der Waals surface area contributed by atoms with Crippen LogP contribution in [0.4, 0.5) is 5.69 Å². The van der Waals surface area contributed by atoms with Crippen LogP contribution in [0.5, 0.6) is 0 Å². The van der Waals surface area contributed by atoms with Crippen molar-refractivity contribution in [1.82, 2.24) is 4.90 Å². The van der Waals surface area contributed by atoms with Crippen LogP contribution in [-0.4, -0.2) is 57.0 Å². The Balaban J connectivity index is 0.00000261. The number of ether oxygens (including phenoxy) is 1. The molecule has 27 heavy (non-hydrogen) atoms. The van der Waals surface area contributed by atoms with Gasteiger partial charge in [0.1, 0.15) is 13.3 Å². The molecule has 0 radical (unpaired) electrons. The number of halogens is 2. The molecular formula is C20H23Cl2N3O2. The maximum atomic E-state index is 12.7. The van der Waals surface area contributed by atoms with Crippen molar-refractivity contribution in [3.05, 3.63) is 64.7 Å². The topological polar surface area (TPSA) is 45.1 Å². The van der Waals surface area contributed by atoms with Crippen molar-refractivity contribution >= 4 is 41.3 Å². The number of amides is 1. The fraction of sp³-hybridized carbons (Fsp3) is 0.300. The monoisotopic (exact) mass is 407 g/mol. The van der Waals surface area contributed by atoms with Gasteiger partial charge in [-0.15, -0.1) is 12.4 Å². The normalized spacial score (nSPS) is 13.7. The molecule has 7 heteroatoms. The number of nitrogens with zero attached hydrogens (tertiary/aromatic N) is 3. The zero-order valence-corrected chi connectivity index (χ0v) is 17.0. The fourth-order valence-electron chi connectivity index (χ4n) is 2.77. The summed E-state index contributed by atoms with van der Waals surface area (Å²) in [6.07, 6.45) is 0. The lowest BCUT2D eigenvalue weighted by atomic mass is 10.0. The van der Waals surface area contributed by atoms with Crippen LogP contribution in [0, 0.1) is 0 Å². The van der Waals surface area contributed by atoms with Crippen molar-refractivity contribution < 1.29 is 9.53 Å². The van der Waals surface area contributed by atoms with E-state index in [0.717, 1.165) is 29.1 Å². The molecule has 5 nitrogen and oxygen atoms in total. The molecule has 0 atom stereocenters. The number of aliphatic imine (C=N–C) groups is 1. The molecule has 0 saturated heterocycles. The molecule has 1 amide bonds. The maximum Gasteiger partial charge on any atom is 0.250 e. The Morgan fingerprint density at radius 2 is 1.93 bits per heavy atom. The zero-order chi connectivity index (χ0) is 18.5. The molecule has 0 fully saturated rings. The highest BCUT2D eigenvalue weighted by Crippen LogP contribution is 2.29. The molecule has 144 valence electrons. The lowest BCUT2D eigenvalue weighted by Gasteiger charge is -2.23. The molecule has 0 aromatic heterocycles. The standard InChI is InChI=1S/C20H22ClN3O2.ClH/c1-23(2)10-11-26-14-24-18-9-8-16(21)12-17(18)20(22-13-19(24)25)15-6-4-3-5-7-15;/h3-9,12H,10-11,13-14H2,1-2H3;1H. The Bertz CT molecular complexity index is 810. The zero-order valence-electron chi connectivity index (χ0n) is 15.4. The van der Waals surface area contributed by atoms with Crippen molar-refractivity contribution in [3.63, 3.8) is 0 Å². The van der Waals surface area contributed by atoms with E-state index in [1.54, 1.807) is 11.0 Å². The average molecular weight is 408 g/mol. The summed E-state index contributed by atoms with van der Waals surface area (Å²) < 4.78 is 5.72. The van der Waals surface area contributed by atoms with Crippen LogP contribution < -0.4 is 4.90 Å². The van der Waals surface area contributed by atoms with E-state index >= 15 is 0 Å². The maximum absolute atomic E-state index is 12.7. The molecule has 3 rings (SSSR count). The minimum absolute atomic E-state index is 0. The highest BCUT2D eigenvalue weighted by Gasteiger charge is 2.25. The minimum atomic E-state index is -0.0932.